The number of nitrogens with one attached hydrogen (secondary N) is 2. The Kier molecular flexibility index (Phi) is 6.99. The zero-order chi connectivity index (χ0) is 25.6. The average molecular weight is 508 g/mol. The average Bonchev–Trinajstić information content (AvgIpc) is 3.41. The van der Waals surface area contributed by atoms with Crippen molar-refractivity contribution < 1.29 is 9.47 Å². The molecule has 0 spiro atoms. The number of fused-ring (bicyclic) bond motifs is 1. The summed E-state index contributed by atoms with van der Waals surface area (Å²) in [4.78, 5) is 16.6. The van der Waals surface area contributed by atoms with Crippen LogP contribution in [0, 0.1) is 0 Å². The number of nitrogens with zero attached hydrogens (tertiary/aromatic N) is 5. The van der Waals surface area contributed by atoms with E-state index in [4.69, 9.17) is 19.4 Å². The first-order chi connectivity index (χ1) is 18.8. The van der Waals surface area contributed by atoms with Crippen LogP contribution in [0.1, 0.15) is 0 Å². The molecule has 0 bridgehead atoms. The number of aromatic nitrogens is 4. The minimum Gasteiger partial charge on any atom is -0.492 e. The Morgan fingerprint density at radius 1 is 0.816 bits per heavy atom. The third-order valence-corrected chi connectivity index (χ3v) is 6.34. The summed E-state index contributed by atoms with van der Waals surface area (Å²) in [5.74, 6) is 1.97. The van der Waals surface area contributed by atoms with Gasteiger partial charge in [-0.05, 0) is 48.5 Å². The SMILES string of the molecule is c1ccc(OCCNc2nc(Nc3ccc(N4CCOCC4)cc3)nc3c2ncn3-c2ccccc2)cc1. The maximum atomic E-state index is 5.84. The number of morpholine rings is 1. The molecule has 6 rings (SSSR count). The standard InChI is InChI=1S/C29H29N7O2/c1-3-7-24(8-4-1)36-21-31-26-27(30-15-18-38-25-9-5-2-6-10-25)33-29(34-28(26)36)32-22-11-13-23(14-12-22)35-16-19-37-20-17-35/h1-14,21H,15-20H2,(H2,30,32,33,34). The van der Waals surface area contributed by atoms with E-state index >= 15 is 0 Å². The van der Waals surface area contributed by atoms with E-state index in [2.05, 4.69) is 32.7 Å². The summed E-state index contributed by atoms with van der Waals surface area (Å²) in [5.41, 5.74) is 4.48. The van der Waals surface area contributed by atoms with Crippen molar-refractivity contribution in [2.24, 2.45) is 0 Å². The third-order valence-electron chi connectivity index (χ3n) is 6.34. The van der Waals surface area contributed by atoms with Crippen LogP contribution in [0.15, 0.2) is 91.3 Å². The number of ether oxygens (including phenoxy) is 2. The summed E-state index contributed by atoms with van der Waals surface area (Å²) in [6.45, 7) is 4.37. The Bertz CT molecular complexity index is 1470. The van der Waals surface area contributed by atoms with Crippen molar-refractivity contribution in [2.45, 2.75) is 0 Å². The maximum Gasteiger partial charge on any atom is 0.231 e. The first-order valence-electron chi connectivity index (χ1n) is 12.8. The van der Waals surface area contributed by atoms with Crippen molar-refractivity contribution in [1.29, 1.82) is 0 Å². The molecular formula is C29H29N7O2. The Hall–Kier alpha value is -4.63. The van der Waals surface area contributed by atoms with E-state index in [9.17, 15) is 0 Å². The fourth-order valence-electron chi connectivity index (χ4n) is 4.42. The molecule has 5 aromatic rings. The van der Waals surface area contributed by atoms with Crippen molar-refractivity contribution in [3.63, 3.8) is 0 Å². The molecular weight excluding hydrogens is 478 g/mol. The topological polar surface area (TPSA) is 89.4 Å². The second-order valence-corrected chi connectivity index (χ2v) is 8.88. The first-order valence-corrected chi connectivity index (χ1v) is 12.8. The van der Waals surface area contributed by atoms with E-state index in [1.807, 2.05) is 77.4 Å². The molecule has 1 saturated heterocycles. The van der Waals surface area contributed by atoms with Crippen LogP contribution >= 0.6 is 0 Å². The van der Waals surface area contributed by atoms with Crippen LogP contribution in [0.5, 0.6) is 5.75 Å². The van der Waals surface area contributed by atoms with Crippen LogP contribution < -0.4 is 20.3 Å². The number of rotatable bonds is 9. The van der Waals surface area contributed by atoms with Gasteiger partial charge < -0.3 is 25.0 Å². The molecule has 0 aliphatic carbocycles. The minimum absolute atomic E-state index is 0.487. The van der Waals surface area contributed by atoms with Gasteiger partial charge in [-0.25, -0.2) is 4.98 Å². The third kappa shape index (κ3) is 5.37. The van der Waals surface area contributed by atoms with Crippen molar-refractivity contribution in [1.82, 2.24) is 19.5 Å². The summed E-state index contributed by atoms with van der Waals surface area (Å²) in [7, 11) is 0. The quantitative estimate of drug-likeness (QED) is 0.273. The van der Waals surface area contributed by atoms with Gasteiger partial charge >= 0.3 is 0 Å². The highest BCUT2D eigenvalue weighted by molar-refractivity contribution is 5.86. The predicted octanol–water partition coefficient (Wildman–Crippen LogP) is 4.89. The molecule has 0 atom stereocenters. The normalized spacial score (nSPS) is 13.4. The van der Waals surface area contributed by atoms with Crippen LogP contribution in [0.25, 0.3) is 16.9 Å². The Morgan fingerprint density at radius 3 is 2.32 bits per heavy atom. The Labute approximate surface area is 221 Å². The molecule has 38 heavy (non-hydrogen) atoms. The predicted molar refractivity (Wildman–Crippen MR) is 150 cm³/mol. The molecule has 2 aromatic heterocycles. The fraction of sp³-hybridized carbons (Fsp3) is 0.207. The molecule has 2 N–H and O–H groups in total. The number of benzene rings is 3. The molecule has 0 radical (unpaired) electrons. The highest BCUT2D eigenvalue weighted by atomic mass is 16.5. The zero-order valence-electron chi connectivity index (χ0n) is 21.0. The summed E-state index contributed by atoms with van der Waals surface area (Å²) in [5, 5.41) is 6.76. The second kappa shape index (κ2) is 11.2. The molecule has 0 unspecified atom stereocenters. The Balaban J connectivity index is 1.25. The lowest BCUT2D eigenvalue weighted by Crippen LogP contribution is -2.36. The number of para-hydroxylation sites is 2. The molecule has 1 aliphatic rings. The summed E-state index contributed by atoms with van der Waals surface area (Å²) >= 11 is 0. The lowest BCUT2D eigenvalue weighted by atomic mass is 10.2. The number of hydrogen-bond acceptors (Lipinski definition) is 8. The van der Waals surface area contributed by atoms with Gasteiger partial charge in [0.2, 0.25) is 5.95 Å². The smallest absolute Gasteiger partial charge is 0.231 e. The van der Waals surface area contributed by atoms with E-state index in [1.54, 1.807) is 6.33 Å². The number of anilines is 4. The zero-order valence-corrected chi connectivity index (χ0v) is 21.0. The lowest BCUT2D eigenvalue weighted by molar-refractivity contribution is 0.122. The number of imidazole rings is 1. The van der Waals surface area contributed by atoms with Crippen LogP contribution in [0.3, 0.4) is 0 Å². The van der Waals surface area contributed by atoms with Gasteiger partial charge in [0.15, 0.2) is 17.0 Å². The van der Waals surface area contributed by atoms with Gasteiger partial charge in [0, 0.05) is 30.2 Å². The van der Waals surface area contributed by atoms with E-state index < -0.39 is 0 Å². The summed E-state index contributed by atoms with van der Waals surface area (Å²) in [6, 6.07) is 28.1. The lowest BCUT2D eigenvalue weighted by Gasteiger charge is -2.28. The van der Waals surface area contributed by atoms with Crippen molar-refractivity contribution in [3.05, 3.63) is 91.3 Å². The van der Waals surface area contributed by atoms with E-state index in [-0.39, 0.29) is 0 Å². The van der Waals surface area contributed by atoms with Crippen LogP contribution in [-0.4, -0.2) is 59.0 Å². The van der Waals surface area contributed by atoms with Crippen LogP contribution in [0.4, 0.5) is 23.1 Å². The summed E-state index contributed by atoms with van der Waals surface area (Å²) in [6.07, 6.45) is 1.78. The fourth-order valence-corrected chi connectivity index (χ4v) is 4.42. The number of hydrogen-bond donors (Lipinski definition) is 2. The molecule has 0 amide bonds. The molecule has 1 fully saturated rings. The Morgan fingerprint density at radius 2 is 1.55 bits per heavy atom. The molecule has 9 heteroatoms. The van der Waals surface area contributed by atoms with E-state index in [0.29, 0.717) is 36.1 Å². The van der Waals surface area contributed by atoms with E-state index in [1.165, 1.54) is 5.69 Å². The molecule has 9 nitrogen and oxygen atoms in total. The van der Waals surface area contributed by atoms with Gasteiger partial charge in [-0.3, -0.25) is 4.57 Å². The molecule has 0 saturated carbocycles. The maximum absolute atomic E-state index is 5.84. The van der Waals surface area contributed by atoms with Gasteiger partial charge in [0.05, 0.1) is 19.8 Å². The van der Waals surface area contributed by atoms with Gasteiger partial charge in [0.1, 0.15) is 18.7 Å². The van der Waals surface area contributed by atoms with Gasteiger partial charge in [-0.1, -0.05) is 36.4 Å². The van der Waals surface area contributed by atoms with Crippen LogP contribution in [-0.2, 0) is 4.74 Å². The largest absolute Gasteiger partial charge is 0.492 e. The minimum atomic E-state index is 0.487. The van der Waals surface area contributed by atoms with Crippen molar-refractivity contribution in [3.8, 4) is 11.4 Å². The van der Waals surface area contributed by atoms with Gasteiger partial charge in [-0.15, -0.1) is 0 Å². The van der Waals surface area contributed by atoms with Crippen molar-refractivity contribution in [2.75, 3.05) is 55.0 Å². The van der Waals surface area contributed by atoms with E-state index in [0.717, 1.165) is 43.4 Å². The van der Waals surface area contributed by atoms with Crippen LogP contribution in [0.2, 0.25) is 0 Å². The van der Waals surface area contributed by atoms with Gasteiger partial charge in [-0.2, -0.15) is 9.97 Å². The molecule has 192 valence electrons. The molecule has 1 aliphatic heterocycles. The highest BCUT2D eigenvalue weighted by Crippen LogP contribution is 2.26. The monoisotopic (exact) mass is 507 g/mol. The highest BCUT2D eigenvalue weighted by Gasteiger charge is 2.15. The molecule has 3 aromatic carbocycles. The molecule has 3 heterocycles. The summed E-state index contributed by atoms with van der Waals surface area (Å²) < 4.78 is 13.3. The van der Waals surface area contributed by atoms with Crippen molar-refractivity contribution >= 4 is 34.3 Å². The van der Waals surface area contributed by atoms with Gasteiger partial charge in [0.25, 0.3) is 0 Å². The first kappa shape index (κ1) is 23.7. The second-order valence-electron chi connectivity index (χ2n) is 8.88.